The second-order valence-corrected chi connectivity index (χ2v) is 2.74. The Morgan fingerprint density at radius 2 is 2.08 bits per heavy atom. The number of rotatable bonds is 1. The Kier molecular flexibility index (Phi) is 1.52. The van der Waals surface area contributed by atoms with Crippen molar-refractivity contribution >= 4 is 18.0 Å². The van der Waals surface area contributed by atoms with Gasteiger partial charge in [-0.25, -0.2) is 4.79 Å². The van der Waals surface area contributed by atoms with Crippen LogP contribution >= 0.6 is 0 Å². The van der Waals surface area contributed by atoms with Crippen LogP contribution in [0.1, 0.15) is 26.3 Å². The highest BCUT2D eigenvalue weighted by Gasteiger charge is 2.24. The van der Waals surface area contributed by atoms with E-state index >= 15 is 0 Å². The van der Waals surface area contributed by atoms with E-state index in [-0.39, 0.29) is 0 Å². The molecule has 1 aliphatic heterocycles. The number of hydrogen-bond acceptors (Lipinski definition) is 3. The van der Waals surface area contributed by atoms with Gasteiger partial charge in [0.25, 0.3) is 0 Å². The van der Waals surface area contributed by atoms with E-state index in [9.17, 15) is 9.59 Å². The fourth-order valence-corrected chi connectivity index (χ4v) is 1.27. The number of esters is 1. The van der Waals surface area contributed by atoms with Crippen molar-refractivity contribution in [1.29, 1.82) is 0 Å². The summed E-state index contributed by atoms with van der Waals surface area (Å²) in [6.45, 7) is 3.57. The van der Waals surface area contributed by atoms with Gasteiger partial charge >= 0.3 is 5.97 Å². The molecule has 13 heavy (non-hydrogen) atoms. The van der Waals surface area contributed by atoms with Crippen LogP contribution in [0.2, 0.25) is 0 Å². The predicted molar refractivity (Wildman–Crippen MR) is 46.3 cm³/mol. The zero-order chi connectivity index (χ0) is 9.42. The molecule has 1 aromatic rings. The summed E-state index contributed by atoms with van der Waals surface area (Å²) >= 11 is 0. The maximum atomic E-state index is 11.1. The van der Waals surface area contributed by atoms with Gasteiger partial charge in [-0.2, -0.15) is 0 Å². The number of aldehydes is 1. The Labute approximate surface area is 74.6 Å². The smallest absolute Gasteiger partial charge is 0.344 e. The molecule has 0 bridgehead atoms. The fourth-order valence-electron chi connectivity index (χ4n) is 1.27. The predicted octanol–water partition coefficient (Wildman–Crippen LogP) is 1.64. The third-order valence-corrected chi connectivity index (χ3v) is 1.92. The van der Waals surface area contributed by atoms with Crippen LogP contribution in [0.5, 0.6) is 0 Å². The number of ether oxygens (including phenoxy) is 1. The normalized spacial score (nSPS) is 13.8. The topological polar surface area (TPSA) is 43.4 Å². The maximum Gasteiger partial charge on any atom is 0.344 e. The van der Waals surface area contributed by atoms with Crippen molar-refractivity contribution in [1.82, 2.24) is 0 Å². The van der Waals surface area contributed by atoms with Crippen molar-refractivity contribution in [2.45, 2.75) is 0 Å². The highest BCUT2D eigenvalue weighted by atomic mass is 16.5. The maximum absolute atomic E-state index is 11.1. The molecule has 0 amide bonds. The minimum Gasteiger partial charge on any atom is -0.423 e. The fraction of sp³-hybridized carbons (Fsp3) is 0. The van der Waals surface area contributed by atoms with E-state index in [2.05, 4.69) is 6.58 Å². The van der Waals surface area contributed by atoms with Crippen LogP contribution in [0.3, 0.4) is 0 Å². The Hall–Kier alpha value is -1.90. The summed E-state index contributed by atoms with van der Waals surface area (Å²) in [7, 11) is 0. The Balaban J connectivity index is 2.64. The first-order valence-electron chi connectivity index (χ1n) is 3.73. The molecule has 0 aliphatic carbocycles. The third kappa shape index (κ3) is 1.05. The van der Waals surface area contributed by atoms with E-state index in [1.54, 1.807) is 12.1 Å². The molecule has 0 unspecified atom stereocenters. The van der Waals surface area contributed by atoms with Gasteiger partial charge in [-0.15, -0.1) is 0 Å². The van der Waals surface area contributed by atoms with Gasteiger partial charge in [-0.3, -0.25) is 4.79 Å². The number of cyclic esters (lactones) is 1. The molecule has 3 heteroatoms. The van der Waals surface area contributed by atoms with Gasteiger partial charge < -0.3 is 4.74 Å². The standard InChI is InChI=1S/C10H6O3/c1-6-8-3-2-7(5-11)4-9(8)10(12)13-6/h2-5H,1H2. The van der Waals surface area contributed by atoms with Gasteiger partial charge in [0.2, 0.25) is 0 Å². The van der Waals surface area contributed by atoms with Gasteiger partial charge in [0.15, 0.2) is 0 Å². The lowest BCUT2D eigenvalue weighted by atomic mass is 10.1. The molecule has 0 saturated carbocycles. The average molecular weight is 174 g/mol. The molecule has 0 spiro atoms. The van der Waals surface area contributed by atoms with E-state index in [4.69, 9.17) is 4.74 Å². The van der Waals surface area contributed by atoms with Crippen molar-refractivity contribution in [3.05, 3.63) is 41.5 Å². The van der Waals surface area contributed by atoms with Gasteiger partial charge in [0, 0.05) is 11.1 Å². The van der Waals surface area contributed by atoms with Crippen molar-refractivity contribution in [2.24, 2.45) is 0 Å². The monoisotopic (exact) mass is 174 g/mol. The van der Waals surface area contributed by atoms with E-state index in [0.717, 1.165) is 0 Å². The summed E-state index contributed by atoms with van der Waals surface area (Å²) < 4.78 is 4.78. The van der Waals surface area contributed by atoms with E-state index in [1.165, 1.54) is 6.07 Å². The molecule has 1 aromatic carbocycles. The molecule has 0 fully saturated rings. The van der Waals surface area contributed by atoms with Crippen LogP contribution in [0.25, 0.3) is 5.76 Å². The zero-order valence-corrected chi connectivity index (χ0v) is 6.74. The number of benzene rings is 1. The second kappa shape index (κ2) is 2.55. The van der Waals surface area contributed by atoms with Gasteiger partial charge in [0.1, 0.15) is 12.0 Å². The lowest BCUT2D eigenvalue weighted by molar-refractivity contribution is 0.0716. The molecule has 0 atom stereocenters. The molecule has 2 rings (SSSR count). The van der Waals surface area contributed by atoms with Crippen LogP contribution in [0.15, 0.2) is 24.8 Å². The quantitative estimate of drug-likeness (QED) is 0.480. The lowest BCUT2D eigenvalue weighted by Gasteiger charge is -1.94. The summed E-state index contributed by atoms with van der Waals surface area (Å²) in [6.07, 6.45) is 0.689. The zero-order valence-electron chi connectivity index (χ0n) is 6.74. The average Bonchev–Trinajstić information content (AvgIpc) is 2.42. The van der Waals surface area contributed by atoms with Crippen molar-refractivity contribution in [2.75, 3.05) is 0 Å². The molecule has 0 N–H and O–H groups in total. The molecule has 64 valence electrons. The van der Waals surface area contributed by atoms with Gasteiger partial charge in [-0.1, -0.05) is 12.6 Å². The number of fused-ring (bicyclic) bond motifs is 1. The highest BCUT2D eigenvalue weighted by molar-refractivity contribution is 6.03. The van der Waals surface area contributed by atoms with Crippen molar-refractivity contribution in [3.63, 3.8) is 0 Å². The van der Waals surface area contributed by atoms with Crippen molar-refractivity contribution < 1.29 is 14.3 Å². The molecular formula is C10H6O3. The van der Waals surface area contributed by atoms with E-state index in [0.29, 0.717) is 28.7 Å². The SMILES string of the molecule is C=C1OC(=O)c2cc(C=O)ccc21. The van der Waals surface area contributed by atoms with Crippen LogP contribution in [-0.2, 0) is 4.74 Å². The highest BCUT2D eigenvalue weighted by Crippen LogP contribution is 2.28. The van der Waals surface area contributed by atoms with E-state index < -0.39 is 5.97 Å². The molecular weight excluding hydrogens is 168 g/mol. The van der Waals surface area contributed by atoms with Crippen molar-refractivity contribution in [3.8, 4) is 0 Å². The number of carbonyl (C=O) groups excluding carboxylic acids is 2. The molecule has 0 aromatic heterocycles. The second-order valence-electron chi connectivity index (χ2n) is 2.74. The number of carbonyl (C=O) groups is 2. The first-order valence-corrected chi connectivity index (χ1v) is 3.73. The largest absolute Gasteiger partial charge is 0.423 e. The first-order chi connectivity index (χ1) is 6.22. The lowest BCUT2D eigenvalue weighted by Crippen LogP contribution is -1.94. The summed E-state index contributed by atoms with van der Waals surface area (Å²) in [6, 6.07) is 4.79. The van der Waals surface area contributed by atoms with Crippen LogP contribution in [-0.4, -0.2) is 12.3 Å². The minimum absolute atomic E-state index is 0.345. The molecule has 1 heterocycles. The van der Waals surface area contributed by atoms with Gasteiger partial charge in [-0.05, 0) is 12.1 Å². The van der Waals surface area contributed by atoms with E-state index in [1.807, 2.05) is 0 Å². The van der Waals surface area contributed by atoms with Crippen LogP contribution < -0.4 is 0 Å². The third-order valence-electron chi connectivity index (χ3n) is 1.92. The van der Waals surface area contributed by atoms with Gasteiger partial charge in [0.05, 0.1) is 5.56 Å². The molecule has 3 nitrogen and oxygen atoms in total. The molecule has 0 saturated heterocycles. The number of hydrogen-bond donors (Lipinski definition) is 0. The van der Waals surface area contributed by atoms with Crippen LogP contribution in [0, 0.1) is 0 Å². The summed E-state index contributed by atoms with van der Waals surface area (Å²) in [5, 5.41) is 0. The Bertz CT molecular complexity index is 418. The summed E-state index contributed by atoms with van der Waals surface area (Å²) in [4.78, 5) is 21.6. The Morgan fingerprint density at radius 1 is 1.31 bits per heavy atom. The van der Waals surface area contributed by atoms with Crippen LogP contribution in [0.4, 0.5) is 0 Å². The summed E-state index contributed by atoms with van der Waals surface area (Å²) in [5.74, 6) is -0.0962. The molecule has 1 aliphatic rings. The molecule has 0 radical (unpaired) electrons. The Morgan fingerprint density at radius 3 is 2.77 bits per heavy atom. The summed E-state index contributed by atoms with van der Waals surface area (Å²) in [5.41, 5.74) is 1.54. The minimum atomic E-state index is -0.441. The first kappa shape index (κ1) is 7.73.